The highest BCUT2D eigenvalue weighted by Crippen LogP contribution is 2.45. The Bertz CT molecular complexity index is 841. The van der Waals surface area contributed by atoms with Gasteiger partial charge in [-0.2, -0.15) is 0 Å². The van der Waals surface area contributed by atoms with E-state index in [1.165, 1.54) is 22.0 Å². The van der Waals surface area contributed by atoms with Crippen LogP contribution in [0.1, 0.15) is 37.3 Å². The van der Waals surface area contributed by atoms with Gasteiger partial charge in [-0.3, -0.25) is 4.79 Å². The number of hydrogen-bond acceptors (Lipinski definition) is 4. The van der Waals surface area contributed by atoms with Gasteiger partial charge in [0.05, 0.1) is 12.0 Å². The minimum Gasteiger partial charge on any atom is -0.460 e. The topological polar surface area (TPSA) is 54.7 Å². The fourth-order valence-electron chi connectivity index (χ4n) is 4.77. The predicted octanol–water partition coefficient (Wildman–Crippen LogP) is 2.45. The molecule has 1 saturated heterocycles. The average molecular weight is 356 g/mol. The molecule has 0 spiro atoms. The molecular weight excluding hydrogens is 328 g/mol. The third-order valence-corrected chi connectivity index (χ3v) is 6.35. The lowest BCUT2D eigenvalue weighted by Gasteiger charge is -2.45. The van der Waals surface area contributed by atoms with Gasteiger partial charge in [0, 0.05) is 42.7 Å². The van der Waals surface area contributed by atoms with E-state index in [4.69, 9.17) is 4.74 Å². The van der Waals surface area contributed by atoms with Gasteiger partial charge in [0.25, 0.3) is 0 Å². The molecule has 1 fully saturated rings. The van der Waals surface area contributed by atoms with E-state index in [1.807, 2.05) is 0 Å². The molecule has 2 unspecified atom stereocenters. The molecule has 1 aliphatic heterocycles. The van der Waals surface area contributed by atoms with Crippen molar-refractivity contribution in [3.63, 3.8) is 0 Å². The lowest BCUT2D eigenvalue weighted by atomic mass is 9.72. The number of hydrogen-bond donors (Lipinski definition) is 1. The highest BCUT2D eigenvalue weighted by atomic mass is 16.6. The van der Waals surface area contributed by atoms with E-state index in [-0.39, 0.29) is 11.9 Å². The number of carbonyl (C=O) groups excluding carboxylic acids is 1. The minimum atomic E-state index is -0.650. The molecule has 1 aromatic carbocycles. The van der Waals surface area contributed by atoms with Crippen molar-refractivity contribution in [1.82, 2.24) is 9.47 Å². The van der Waals surface area contributed by atoms with E-state index >= 15 is 0 Å². The number of aliphatic hydroxyl groups is 1. The molecule has 0 saturated carbocycles. The second-order valence-corrected chi connectivity index (χ2v) is 8.14. The SMILES string of the molecule is CC(O)C(C)OC(=O)[C@@H]1C[C@@H]2c3cccc4c3c(cn4C)C[C@H]2N(C)C1. The Morgan fingerprint density at radius 1 is 1.31 bits per heavy atom. The molecule has 2 heterocycles. The summed E-state index contributed by atoms with van der Waals surface area (Å²) in [6.07, 6.45) is 2.97. The third-order valence-electron chi connectivity index (χ3n) is 6.35. The van der Waals surface area contributed by atoms with Crippen LogP contribution < -0.4 is 0 Å². The van der Waals surface area contributed by atoms with Crippen LogP contribution >= 0.6 is 0 Å². The second-order valence-electron chi connectivity index (χ2n) is 8.14. The maximum atomic E-state index is 12.7. The summed E-state index contributed by atoms with van der Waals surface area (Å²) in [6, 6.07) is 6.95. The first-order chi connectivity index (χ1) is 12.4. The number of nitrogens with zero attached hydrogens (tertiary/aromatic N) is 2. The molecule has 0 amide bonds. The van der Waals surface area contributed by atoms with Gasteiger partial charge in [-0.25, -0.2) is 0 Å². The zero-order valence-electron chi connectivity index (χ0n) is 16.0. The van der Waals surface area contributed by atoms with Crippen LogP contribution in [-0.4, -0.2) is 52.4 Å². The Labute approximate surface area is 154 Å². The van der Waals surface area contributed by atoms with E-state index in [9.17, 15) is 9.90 Å². The summed E-state index contributed by atoms with van der Waals surface area (Å²) in [5.74, 6) is 0.00413. The molecule has 0 bridgehead atoms. The van der Waals surface area contributed by atoms with Crippen molar-refractivity contribution in [2.45, 2.75) is 50.9 Å². The van der Waals surface area contributed by atoms with Crippen molar-refractivity contribution >= 4 is 16.9 Å². The fourth-order valence-corrected chi connectivity index (χ4v) is 4.77. The summed E-state index contributed by atoms with van der Waals surface area (Å²) in [5.41, 5.74) is 4.04. The van der Waals surface area contributed by atoms with Crippen LogP contribution in [0.2, 0.25) is 0 Å². The summed E-state index contributed by atoms with van der Waals surface area (Å²) < 4.78 is 7.72. The van der Waals surface area contributed by atoms with Crippen LogP contribution in [0.15, 0.2) is 24.4 Å². The van der Waals surface area contributed by atoms with Crippen molar-refractivity contribution in [2.75, 3.05) is 13.6 Å². The van der Waals surface area contributed by atoms with Crippen LogP contribution in [0.4, 0.5) is 0 Å². The number of aliphatic hydroxyl groups excluding tert-OH is 1. The Hall–Kier alpha value is -1.85. The van der Waals surface area contributed by atoms with Crippen LogP contribution in [0.25, 0.3) is 10.9 Å². The highest BCUT2D eigenvalue weighted by Gasteiger charge is 2.42. The Morgan fingerprint density at radius 3 is 2.81 bits per heavy atom. The van der Waals surface area contributed by atoms with E-state index in [1.54, 1.807) is 13.8 Å². The average Bonchev–Trinajstić information content (AvgIpc) is 2.93. The van der Waals surface area contributed by atoms with Gasteiger partial charge in [0.15, 0.2) is 0 Å². The smallest absolute Gasteiger partial charge is 0.310 e. The lowest BCUT2D eigenvalue weighted by Crippen LogP contribution is -2.50. The summed E-state index contributed by atoms with van der Waals surface area (Å²) in [7, 11) is 4.22. The van der Waals surface area contributed by atoms with Gasteiger partial charge in [0.2, 0.25) is 0 Å². The zero-order chi connectivity index (χ0) is 18.6. The van der Waals surface area contributed by atoms with Gasteiger partial charge in [-0.05, 0) is 50.9 Å². The van der Waals surface area contributed by atoms with Crippen molar-refractivity contribution in [3.05, 3.63) is 35.5 Å². The quantitative estimate of drug-likeness (QED) is 0.859. The van der Waals surface area contributed by atoms with E-state index in [2.05, 4.69) is 48.0 Å². The number of benzene rings is 1. The predicted molar refractivity (Wildman–Crippen MR) is 101 cm³/mol. The summed E-state index contributed by atoms with van der Waals surface area (Å²) >= 11 is 0. The molecule has 1 aliphatic carbocycles. The van der Waals surface area contributed by atoms with Crippen LogP contribution in [0, 0.1) is 5.92 Å². The van der Waals surface area contributed by atoms with E-state index in [0.29, 0.717) is 18.5 Å². The summed E-state index contributed by atoms with van der Waals surface area (Å²) in [4.78, 5) is 15.0. The molecular formula is C21H28N2O3. The number of rotatable bonds is 3. The van der Waals surface area contributed by atoms with Gasteiger partial charge < -0.3 is 19.3 Å². The normalized spacial score (nSPS) is 27.8. The standard InChI is InChI=1S/C21H28N2O3/c1-12(24)13(2)26-21(25)15-8-17-16-6-5-7-18-20(16)14(10-22(18)3)9-19(17)23(4)11-15/h5-7,10,12-13,15,17,19,24H,8-9,11H2,1-4H3/t12?,13?,15-,17-,19-/m1/s1. The monoisotopic (exact) mass is 356 g/mol. The number of likely N-dealkylation sites (N-methyl/N-ethyl adjacent to an activating group) is 1. The van der Waals surface area contributed by atoms with Crippen molar-refractivity contribution in [2.24, 2.45) is 13.0 Å². The van der Waals surface area contributed by atoms with Gasteiger partial charge in [-0.15, -0.1) is 0 Å². The molecule has 4 rings (SSSR count). The fraction of sp³-hybridized carbons (Fsp3) is 0.571. The van der Waals surface area contributed by atoms with Gasteiger partial charge in [-0.1, -0.05) is 12.1 Å². The van der Waals surface area contributed by atoms with Crippen molar-refractivity contribution < 1.29 is 14.6 Å². The molecule has 140 valence electrons. The molecule has 5 heteroatoms. The Kier molecular flexibility index (Phi) is 4.32. The molecule has 1 N–H and O–H groups in total. The molecule has 5 atom stereocenters. The number of aromatic nitrogens is 1. The second kappa shape index (κ2) is 6.39. The van der Waals surface area contributed by atoms with Crippen molar-refractivity contribution in [1.29, 1.82) is 0 Å². The summed E-state index contributed by atoms with van der Waals surface area (Å²) in [6.45, 7) is 4.11. The highest BCUT2D eigenvalue weighted by molar-refractivity contribution is 5.89. The van der Waals surface area contributed by atoms with Gasteiger partial charge >= 0.3 is 5.97 Å². The lowest BCUT2D eigenvalue weighted by molar-refractivity contribution is -0.160. The molecule has 2 aliphatic rings. The van der Waals surface area contributed by atoms with Gasteiger partial charge in [0.1, 0.15) is 6.10 Å². The molecule has 1 aromatic heterocycles. The first kappa shape index (κ1) is 17.6. The number of ether oxygens (including phenoxy) is 1. The number of aryl methyl sites for hydroxylation is 1. The molecule has 26 heavy (non-hydrogen) atoms. The largest absolute Gasteiger partial charge is 0.460 e. The number of esters is 1. The number of carbonyl (C=O) groups is 1. The number of piperidine rings is 1. The zero-order valence-corrected chi connectivity index (χ0v) is 16.0. The first-order valence-corrected chi connectivity index (χ1v) is 9.52. The van der Waals surface area contributed by atoms with Crippen LogP contribution in [0.3, 0.4) is 0 Å². The Balaban J connectivity index is 1.65. The molecule has 5 nitrogen and oxygen atoms in total. The third kappa shape index (κ3) is 2.74. The summed E-state index contributed by atoms with van der Waals surface area (Å²) in [5, 5.41) is 11.0. The number of likely N-dealkylation sites (tertiary alicyclic amines) is 1. The molecule has 0 radical (unpaired) electrons. The first-order valence-electron chi connectivity index (χ1n) is 9.52. The maximum Gasteiger partial charge on any atom is 0.310 e. The van der Waals surface area contributed by atoms with Crippen LogP contribution in [-0.2, 0) is 23.0 Å². The minimum absolute atomic E-state index is 0.150. The Morgan fingerprint density at radius 2 is 2.08 bits per heavy atom. The van der Waals surface area contributed by atoms with E-state index in [0.717, 1.165) is 12.8 Å². The number of fused-ring (bicyclic) bond motifs is 2. The van der Waals surface area contributed by atoms with Crippen LogP contribution in [0.5, 0.6) is 0 Å². The maximum absolute atomic E-state index is 12.7. The molecule has 2 aromatic rings. The van der Waals surface area contributed by atoms with Crippen molar-refractivity contribution in [3.8, 4) is 0 Å². The van der Waals surface area contributed by atoms with E-state index < -0.39 is 12.2 Å².